The molecule has 0 aliphatic rings. The molecule has 0 radical (unpaired) electrons. The highest BCUT2D eigenvalue weighted by Gasteiger charge is 2.22. The van der Waals surface area contributed by atoms with Crippen molar-refractivity contribution in [3.8, 4) is 6.07 Å². The van der Waals surface area contributed by atoms with Crippen molar-refractivity contribution in [3.63, 3.8) is 0 Å². The van der Waals surface area contributed by atoms with E-state index in [1.165, 1.54) is 13.1 Å². The van der Waals surface area contributed by atoms with Crippen molar-refractivity contribution in [2.45, 2.75) is 13.3 Å². The molecule has 0 aromatic heterocycles. The molecule has 1 rings (SSSR count). The number of halogens is 2. The Morgan fingerprint density at radius 3 is 2.65 bits per heavy atom. The van der Waals surface area contributed by atoms with Crippen molar-refractivity contribution in [3.05, 3.63) is 29.8 Å². The summed E-state index contributed by atoms with van der Waals surface area (Å²) >= 11 is 0. The predicted molar refractivity (Wildman–Crippen MR) is 59.2 cm³/mol. The van der Waals surface area contributed by atoms with Crippen LogP contribution in [0.5, 0.6) is 0 Å². The van der Waals surface area contributed by atoms with Crippen molar-refractivity contribution in [1.82, 2.24) is 0 Å². The van der Waals surface area contributed by atoms with Crippen LogP contribution in [0.3, 0.4) is 0 Å². The second-order valence-electron chi connectivity index (χ2n) is 3.58. The van der Waals surface area contributed by atoms with Crippen LogP contribution in [0.2, 0.25) is 0 Å². The molecule has 0 heterocycles. The molecule has 0 N–H and O–H groups in total. The van der Waals surface area contributed by atoms with Crippen LogP contribution in [0.4, 0.5) is 14.5 Å². The lowest BCUT2D eigenvalue weighted by Crippen LogP contribution is -2.32. The number of carbonyl (C=O) groups is 1. The smallest absolute Gasteiger partial charge is 0.244 e. The van der Waals surface area contributed by atoms with Gasteiger partial charge in [-0.1, -0.05) is 6.92 Å². The van der Waals surface area contributed by atoms with Crippen LogP contribution >= 0.6 is 0 Å². The molecule has 1 atom stereocenters. The Morgan fingerprint density at radius 1 is 1.53 bits per heavy atom. The number of nitriles is 1. The standard InChI is InChI=1S/C12H12F2N2O/c1-3-8(7-15)12(17)16(2)11-5-4-9(13)6-10(11)14/h4-6,8H,3H2,1-2H3. The van der Waals surface area contributed by atoms with Gasteiger partial charge in [0.1, 0.15) is 17.6 Å². The molecular weight excluding hydrogens is 226 g/mol. The second-order valence-corrected chi connectivity index (χ2v) is 3.58. The van der Waals surface area contributed by atoms with Crippen LogP contribution in [0, 0.1) is 28.9 Å². The van der Waals surface area contributed by atoms with Crippen molar-refractivity contribution in [2.75, 3.05) is 11.9 Å². The summed E-state index contributed by atoms with van der Waals surface area (Å²) in [6, 6.07) is 4.78. The molecular formula is C12H12F2N2O. The number of nitrogens with zero attached hydrogens (tertiary/aromatic N) is 2. The summed E-state index contributed by atoms with van der Waals surface area (Å²) < 4.78 is 26.1. The van der Waals surface area contributed by atoms with Gasteiger partial charge in [-0.05, 0) is 18.6 Å². The molecule has 5 heteroatoms. The Hall–Kier alpha value is -1.96. The van der Waals surface area contributed by atoms with Gasteiger partial charge in [-0.3, -0.25) is 4.79 Å². The molecule has 3 nitrogen and oxygen atoms in total. The Morgan fingerprint density at radius 2 is 2.18 bits per heavy atom. The van der Waals surface area contributed by atoms with Gasteiger partial charge in [0, 0.05) is 13.1 Å². The fraction of sp³-hybridized carbons (Fsp3) is 0.333. The number of hydrogen-bond acceptors (Lipinski definition) is 2. The number of amides is 1. The molecule has 1 aromatic carbocycles. The number of benzene rings is 1. The minimum Gasteiger partial charge on any atom is -0.312 e. The van der Waals surface area contributed by atoms with E-state index in [1.807, 2.05) is 6.07 Å². The highest BCUT2D eigenvalue weighted by Crippen LogP contribution is 2.21. The van der Waals surface area contributed by atoms with Gasteiger partial charge >= 0.3 is 0 Å². The van der Waals surface area contributed by atoms with Crippen molar-refractivity contribution in [2.24, 2.45) is 5.92 Å². The van der Waals surface area contributed by atoms with Crippen LogP contribution in [-0.4, -0.2) is 13.0 Å². The van der Waals surface area contributed by atoms with Gasteiger partial charge in [0.25, 0.3) is 0 Å². The molecule has 0 bridgehead atoms. The summed E-state index contributed by atoms with van der Waals surface area (Å²) in [5.41, 5.74) is -0.0369. The van der Waals surface area contributed by atoms with Gasteiger partial charge in [-0.25, -0.2) is 8.78 Å². The zero-order chi connectivity index (χ0) is 13.0. The average Bonchev–Trinajstić information content (AvgIpc) is 2.29. The van der Waals surface area contributed by atoms with Crippen LogP contribution in [0.15, 0.2) is 18.2 Å². The molecule has 1 aromatic rings. The second kappa shape index (κ2) is 5.39. The van der Waals surface area contributed by atoms with E-state index in [0.717, 1.165) is 11.0 Å². The van der Waals surface area contributed by atoms with Crippen molar-refractivity contribution >= 4 is 11.6 Å². The van der Waals surface area contributed by atoms with E-state index < -0.39 is 23.5 Å². The van der Waals surface area contributed by atoms with Crippen molar-refractivity contribution in [1.29, 1.82) is 5.26 Å². The fourth-order valence-electron chi connectivity index (χ4n) is 1.43. The monoisotopic (exact) mass is 238 g/mol. The normalized spacial score (nSPS) is 11.7. The molecule has 0 saturated heterocycles. The molecule has 17 heavy (non-hydrogen) atoms. The first-order chi connectivity index (χ1) is 8.01. The Labute approximate surface area is 98.3 Å². The zero-order valence-corrected chi connectivity index (χ0v) is 9.58. The van der Waals surface area contributed by atoms with Gasteiger partial charge in [-0.15, -0.1) is 0 Å². The van der Waals surface area contributed by atoms with Crippen LogP contribution in [0.1, 0.15) is 13.3 Å². The number of carbonyl (C=O) groups excluding carboxylic acids is 1. The van der Waals surface area contributed by atoms with E-state index in [-0.39, 0.29) is 5.69 Å². The molecule has 0 aliphatic heterocycles. The van der Waals surface area contributed by atoms with E-state index >= 15 is 0 Å². The number of anilines is 1. The lowest BCUT2D eigenvalue weighted by molar-refractivity contribution is -0.120. The van der Waals surface area contributed by atoms with E-state index in [9.17, 15) is 13.6 Å². The minimum absolute atomic E-state index is 0.0369. The summed E-state index contributed by atoms with van der Waals surface area (Å²) in [5, 5.41) is 8.75. The maximum absolute atomic E-state index is 13.4. The highest BCUT2D eigenvalue weighted by atomic mass is 19.1. The first kappa shape index (κ1) is 13.1. The fourth-order valence-corrected chi connectivity index (χ4v) is 1.43. The lowest BCUT2D eigenvalue weighted by Gasteiger charge is -2.20. The summed E-state index contributed by atoms with van der Waals surface area (Å²) in [4.78, 5) is 12.8. The maximum Gasteiger partial charge on any atom is 0.244 e. The van der Waals surface area contributed by atoms with Gasteiger partial charge < -0.3 is 4.90 Å². The number of rotatable bonds is 3. The molecule has 1 unspecified atom stereocenters. The number of hydrogen-bond donors (Lipinski definition) is 0. The summed E-state index contributed by atoms with van der Waals surface area (Å²) in [7, 11) is 1.36. The third-order valence-electron chi connectivity index (χ3n) is 2.46. The molecule has 0 fully saturated rings. The molecule has 1 amide bonds. The third-order valence-corrected chi connectivity index (χ3v) is 2.46. The van der Waals surface area contributed by atoms with E-state index in [1.54, 1.807) is 6.92 Å². The van der Waals surface area contributed by atoms with E-state index in [2.05, 4.69) is 0 Å². The van der Waals surface area contributed by atoms with Crippen LogP contribution in [-0.2, 0) is 4.79 Å². The first-order valence-corrected chi connectivity index (χ1v) is 5.13. The Balaban J connectivity index is 3.01. The lowest BCUT2D eigenvalue weighted by atomic mass is 10.1. The molecule has 0 saturated carbocycles. The van der Waals surface area contributed by atoms with Gasteiger partial charge in [0.05, 0.1) is 11.8 Å². The summed E-state index contributed by atoms with van der Waals surface area (Å²) in [5.74, 6) is -2.85. The van der Waals surface area contributed by atoms with Crippen LogP contribution < -0.4 is 4.90 Å². The van der Waals surface area contributed by atoms with Crippen molar-refractivity contribution < 1.29 is 13.6 Å². The average molecular weight is 238 g/mol. The van der Waals surface area contributed by atoms with E-state index in [0.29, 0.717) is 12.5 Å². The Bertz CT molecular complexity index is 468. The minimum atomic E-state index is -0.825. The maximum atomic E-state index is 13.4. The predicted octanol–water partition coefficient (Wildman–Crippen LogP) is 2.48. The SMILES string of the molecule is CCC(C#N)C(=O)N(C)c1ccc(F)cc1F. The van der Waals surface area contributed by atoms with Gasteiger partial charge in [0.15, 0.2) is 0 Å². The summed E-state index contributed by atoms with van der Waals surface area (Å²) in [6.45, 7) is 1.70. The van der Waals surface area contributed by atoms with E-state index in [4.69, 9.17) is 5.26 Å². The first-order valence-electron chi connectivity index (χ1n) is 5.13. The highest BCUT2D eigenvalue weighted by molar-refractivity contribution is 5.96. The quantitative estimate of drug-likeness (QED) is 0.812. The largest absolute Gasteiger partial charge is 0.312 e. The molecule has 90 valence electrons. The molecule has 0 aliphatic carbocycles. The molecule has 0 spiro atoms. The van der Waals surface area contributed by atoms with Gasteiger partial charge in [0.2, 0.25) is 5.91 Å². The summed E-state index contributed by atoms with van der Waals surface area (Å²) in [6.07, 6.45) is 0.350. The zero-order valence-electron chi connectivity index (χ0n) is 9.58. The third kappa shape index (κ3) is 2.78. The topological polar surface area (TPSA) is 44.1 Å². The van der Waals surface area contributed by atoms with Gasteiger partial charge in [-0.2, -0.15) is 5.26 Å². The van der Waals surface area contributed by atoms with Crippen LogP contribution in [0.25, 0.3) is 0 Å². The Kier molecular flexibility index (Phi) is 4.16.